The largest absolute Gasteiger partial charge is 0.354 e. The van der Waals surface area contributed by atoms with Crippen LogP contribution in [0.15, 0.2) is 0 Å². The Hall–Kier alpha value is -1.06. The zero-order chi connectivity index (χ0) is 13.2. The van der Waals surface area contributed by atoms with Gasteiger partial charge in [0.25, 0.3) is 0 Å². The number of hydrogen-bond donors (Lipinski definition) is 2. The van der Waals surface area contributed by atoms with Crippen LogP contribution in [0, 0.1) is 0 Å². The second-order valence-corrected chi connectivity index (χ2v) is 5.07. The van der Waals surface area contributed by atoms with Gasteiger partial charge in [-0.25, -0.2) is 0 Å². The maximum Gasteiger partial charge on any atom is 0.242 e. The van der Waals surface area contributed by atoms with E-state index in [1.54, 1.807) is 0 Å². The fraction of sp³-hybridized carbons (Fsp3) is 0.857. The lowest BCUT2D eigenvalue weighted by atomic mass is 10.1. The van der Waals surface area contributed by atoms with E-state index in [4.69, 9.17) is 0 Å². The molecule has 0 bridgehead atoms. The van der Waals surface area contributed by atoms with E-state index in [-0.39, 0.29) is 17.9 Å². The highest BCUT2D eigenvalue weighted by Gasteiger charge is 2.20. The third-order valence-electron chi connectivity index (χ3n) is 3.38. The van der Waals surface area contributed by atoms with E-state index in [2.05, 4.69) is 17.6 Å². The Morgan fingerprint density at radius 2 is 1.89 bits per heavy atom. The molecule has 104 valence electrons. The lowest BCUT2D eigenvalue weighted by Crippen LogP contribution is -2.46. The number of carbonyl (C=O) groups is 2. The molecule has 1 heterocycles. The van der Waals surface area contributed by atoms with Crippen molar-refractivity contribution in [2.45, 2.75) is 70.8 Å². The molecule has 2 N–H and O–H groups in total. The van der Waals surface area contributed by atoms with Crippen molar-refractivity contribution < 1.29 is 9.59 Å². The van der Waals surface area contributed by atoms with Gasteiger partial charge in [-0.15, -0.1) is 0 Å². The molecule has 0 spiro atoms. The van der Waals surface area contributed by atoms with Gasteiger partial charge in [0.1, 0.15) is 6.04 Å². The highest BCUT2D eigenvalue weighted by Crippen LogP contribution is 2.08. The first-order valence-electron chi connectivity index (χ1n) is 7.31. The zero-order valence-corrected chi connectivity index (χ0v) is 11.5. The molecule has 0 aromatic rings. The van der Waals surface area contributed by atoms with Gasteiger partial charge in [0, 0.05) is 13.0 Å². The summed E-state index contributed by atoms with van der Waals surface area (Å²) in [6, 6.07) is -0.331. The predicted octanol–water partition coefficient (Wildman–Crippen LogP) is 2.13. The van der Waals surface area contributed by atoms with Crippen molar-refractivity contribution in [2.24, 2.45) is 0 Å². The first-order chi connectivity index (χ1) is 8.74. The van der Waals surface area contributed by atoms with Crippen LogP contribution >= 0.6 is 0 Å². The summed E-state index contributed by atoms with van der Waals surface area (Å²) in [7, 11) is 0. The molecular formula is C14H26N2O2. The van der Waals surface area contributed by atoms with Crippen LogP contribution < -0.4 is 10.6 Å². The van der Waals surface area contributed by atoms with Crippen LogP contribution in [-0.2, 0) is 9.59 Å². The second kappa shape index (κ2) is 8.95. The minimum atomic E-state index is -0.331. The molecular weight excluding hydrogens is 228 g/mol. The quantitative estimate of drug-likeness (QED) is 0.755. The molecule has 1 atom stereocenters. The van der Waals surface area contributed by atoms with E-state index in [0.29, 0.717) is 6.42 Å². The van der Waals surface area contributed by atoms with Crippen molar-refractivity contribution in [1.82, 2.24) is 10.6 Å². The van der Waals surface area contributed by atoms with Crippen LogP contribution in [0.25, 0.3) is 0 Å². The molecule has 0 aromatic heterocycles. The van der Waals surface area contributed by atoms with E-state index in [1.165, 1.54) is 0 Å². The van der Waals surface area contributed by atoms with Gasteiger partial charge in [-0.1, -0.05) is 39.0 Å². The average molecular weight is 254 g/mol. The summed E-state index contributed by atoms with van der Waals surface area (Å²) in [5.41, 5.74) is 0. The molecule has 1 rings (SSSR count). The van der Waals surface area contributed by atoms with Gasteiger partial charge in [0.05, 0.1) is 0 Å². The number of unbranched alkanes of at least 4 members (excludes halogenated alkanes) is 2. The van der Waals surface area contributed by atoms with E-state index < -0.39 is 0 Å². The molecule has 0 aliphatic carbocycles. The van der Waals surface area contributed by atoms with Crippen molar-refractivity contribution in [3.63, 3.8) is 0 Å². The number of rotatable bonds is 4. The summed E-state index contributed by atoms with van der Waals surface area (Å²) in [6.07, 6.45) is 8.65. The van der Waals surface area contributed by atoms with Gasteiger partial charge in [-0.2, -0.15) is 0 Å². The molecule has 1 aliphatic heterocycles. The first-order valence-corrected chi connectivity index (χ1v) is 7.31. The summed E-state index contributed by atoms with van der Waals surface area (Å²) in [5, 5.41) is 5.80. The molecule has 1 saturated heterocycles. The molecule has 1 aliphatic rings. The van der Waals surface area contributed by atoms with Crippen LogP contribution in [0.5, 0.6) is 0 Å². The molecule has 18 heavy (non-hydrogen) atoms. The number of hydrogen-bond acceptors (Lipinski definition) is 2. The highest BCUT2D eigenvalue weighted by molar-refractivity contribution is 5.87. The normalized spacial score (nSPS) is 22.8. The van der Waals surface area contributed by atoms with E-state index in [0.717, 1.165) is 57.9 Å². The number of amides is 2. The Kier molecular flexibility index (Phi) is 7.46. The lowest BCUT2D eigenvalue weighted by Gasteiger charge is -2.17. The number of carbonyl (C=O) groups excluding carboxylic acids is 2. The summed E-state index contributed by atoms with van der Waals surface area (Å²) in [4.78, 5) is 23.7. The Morgan fingerprint density at radius 1 is 1.11 bits per heavy atom. The summed E-state index contributed by atoms with van der Waals surface area (Å²) in [6.45, 7) is 2.87. The molecule has 0 radical (unpaired) electrons. The molecule has 4 nitrogen and oxygen atoms in total. The minimum absolute atomic E-state index is 0.0126. The van der Waals surface area contributed by atoms with Gasteiger partial charge in [0.2, 0.25) is 11.8 Å². The molecule has 0 unspecified atom stereocenters. The van der Waals surface area contributed by atoms with Crippen molar-refractivity contribution in [2.75, 3.05) is 6.54 Å². The maximum absolute atomic E-state index is 12.0. The van der Waals surface area contributed by atoms with Crippen LogP contribution in [0.3, 0.4) is 0 Å². The van der Waals surface area contributed by atoms with Crippen LogP contribution in [0.2, 0.25) is 0 Å². The fourth-order valence-corrected chi connectivity index (χ4v) is 2.23. The zero-order valence-electron chi connectivity index (χ0n) is 11.5. The minimum Gasteiger partial charge on any atom is -0.354 e. The Balaban J connectivity index is 2.49. The number of nitrogens with one attached hydrogen (secondary N) is 2. The summed E-state index contributed by atoms with van der Waals surface area (Å²) in [5.74, 6) is 0.00917. The third kappa shape index (κ3) is 6.03. The summed E-state index contributed by atoms with van der Waals surface area (Å²) < 4.78 is 0. The molecule has 2 amide bonds. The molecule has 0 saturated carbocycles. The van der Waals surface area contributed by atoms with Crippen molar-refractivity contribution in [3.8, 4) is 0 Å². The Morgan fingerprint density at radius 3 is 2.67 bits per heavy atom. The van der Waals surface area contributed by atoms with E-state index in [1.807, 2.05) is 0 Å². The van der Waals surface area contributed by atoms with Crippen LogP contribution in [0.4, 0.5) is 0 Å². The smallest absolute Gasteiger partial charge is 0.242 e. The van der Waals surface area contributed by atoms with Gasteiger partial charge in [-0.05, 0) is 19.3 Å². The van der Waals surface area contributed by atoms with E-state index >= 15 is 0 Å². The standard InChI is InChI=1S/C14H26N2O2/c1-2-3-6-9-12-14(18)15-11-8-5-4-7-10-13(17)16-12/h12H,2-11H2,1H3,(H,15,18)(H,16,17)/t12-/m1/s1. The Labute approximate surface area is 110 Å². The summed E-state index contributed by atoms with van der Waals surface area (Å²) >= 11 is 0. The fourth-order valence-electron chi connectivity index (χ4n) is 2.23. The predicted molar refractivity (Wildman–Crippen MR) is 72.2 cm³/mol. The van der Waals surface area contributed by atoms with Crippen LogP contribution in [-0.4, -0.2) is 24.4 Å². The highest BCUT2D eigenvalue weighted by atomic mass is 16.2. The monoisotopic (exact) mass is 254 g/mol. The second-order valence-electron chi connectivity index (χ2n) is 5.07. The first kappa shape index (κ1) is 15.0. The van der Waals surface area contributed by atoms with Gasteiger partial charge in [0.15, 0.2) is 0 Å². The van der Waals surface area contributed by atoms with E-state index in [9.17, 15) is 9.59 Å². The van der Waals surface area contributed by atoms with Crippen molar-refractivity contribution in [3.05, 3.63) is 0 Å². The molecule has 1 fully saturated rings. The molecule has 4 heteroatoms. The molecule has 0 aromatic carbocycles. The SMILES string of the molecule is CCCCC[C@H]1NC(=O)CCCCCCNC1=O. The van der Waals surface area contributed by atoms with Crippen molar-refractivity contribution >= 4 is 11.8 Å². The topological polar surface area (TPSA) is 58.2 Å². The van der Waals surface area contributed by atoms with Gasteiger partial charge >= 0.3 is 0 Å². The van der Waals surface area contributed by atoms with Crippen molar-refractivity contribution in [1.29, 1.82) is 0 Å². The Bertz CT molecular complexity index is 267. The third-order valence-corrected chi connectivity index (χ3v) is 3.38. The van der Waals surface area contributed by atoms with Gasteiger partial charge in [-0.3, -0.25) is 9.59 Å². The average Bonchev–Trinajstić information content (AvgIpc) is 2.38. The van der Waals surface area contributed by atoms with Gasteiger partial charge < -0.3 is 10.6 Å². The van der Waals surface area contributed by atoms with Crippen LogP contribution in [0.1, 0.15) is 64.7 Å². The maximum atomic E-state index is 12.0. The lowest BCUT2D eigenvalue weighted by molar-refractivity contribution is -0.129.